The van der Waals surface area contributed by atoms with E-state index in [-0.39, 0.29) is 12.0 Å². The van der Waals surface area contributed by atoms with Gasteiger partial charge in [-0.3, -0.25) is 9.69 Å². The maximum atomic E-state index is 12.9. The van der Waals surface area contributed by atoms with Gasteiger partial charge in [-0.25, -0.2) is 4.68 Å². The summed E-state index contributed by atoms with van der Waals surface area (Å²) < 4.78 is 18.8. The molecule has 31 heavy (non-hydrogen) atoms. The number of morpholine rings is 1. The summed E-state index contributed by atoms with van der Waals surface area (Å²) in [7, 11) is 0. The summed E-state index contributed by atoms with van der Waals surface area (Å²) >= 11 is 0. The molecule has 4 heterocycles. The summed E-state index contributed by atoms with van der Waals surface area (Å²) in [5.74, 6) is 2.09. The number of carbonyl (C=O) groups excluding carboxylic acids is 1. The number of hydrogen-bond acceptors (Lipinski definition) is 7. The molecule has 1 aromatic heterocycles. The van der Waals surface area contributed by atoms with Crippen LogP contribution < -0.4 is 9.47 Å². The normalized spacial score (nSPS) is 22.5. The van der Waals surface area contributed by atoms with Crippen LogP contribution in [0.5, 0.6) is 11.5 Å². The van der Waals surface area contributed by atoms with Gasteiger partial charge in [-0.05, 0) is 30.9 Å². The number of likely N-dealkylation sites (tertiary alicyclic amines) is 1. The lowest BCUT2D eigenvalue weighted by Gasteiger charge is -2.35. The third kappa shape index (κ3) is 4.83. The van der Waals surface area contributed by atoms with E-state index in [1.807, 2.05) is 29.2 Å². The molecule has 1 atom stereocenters. The fourth-order valence-electron chi connectivity index (χ4n) is 4.48. The zero-order valence-corrected chi connectivity index (χ0v) is 17.7. The van der Waals surface area contributed by atoms with Crippen molar-refractivity contribution in [3.05, 3.63) is 36.2 Å². The first-order valence-electron chi connectivity index (χ1n) is 11.1. The van der Waals surface area contributed by atoms with Crippen LogP contribution in [-0.2, 0) is 11.3 Å². The van der Waals surface area contributed by atoms with Crippen molar-refractivity contribution in [1.29, 1.82) is 0 Å². The second-order valence-corrected chi connectivity index (χ2v) is 8.47. The second-order valence-electron chi connectivity index (χ2n) is 8.47. The molecule has 9 nitrogen and oxygen atoms in total. The molecule has 2 fully saturated rings. The zero-order valence-electron chi connectivity index (χ0n) is 17.7. The van der Waals surface area contributed by atoms with Crippen molar-refractivity contribution in [2.45, 2.75) is 25.5 Å². The second kappa shape index (κ2) is 9.23. The van der Waals surface area contributed by atoms with Crippen molar-refractivity contribution in [1.82, 2.24) is 24.8 Å². The van der Waals surface area contributed by atoms with E-state index in [1.54, 1.807) is 10.9 Å². The van der Waals surface area contributed by atoms with Crippen molar-refractivity contribution in [3.63, 3.8) is 0 Å². The van der Waals surface area contributed by atoms with Gasteiger partial charge in [-0.1, -0.05) is 17.3 Å². The van der Waals surface area contributed by atoms with Crippen LogP contribution in [0.1, 0.15) is 23.3 Å². The Labute approximate surface area is 181 Å². The number of piperidine rings is 1. The van der Waals surface area contributed by atoms with E-state index in [0.717, 1.165) is 70.3 Å². The highest BCUT2D eigenvalue weighted by Gasteiger charge is 2.27. The number of hydrogen-bond donors (Lipinski definition) is 0. The third-order valence-corrected chi connectivity index (χ3v) is 6.24. The summed E-state index contributed by atoms with van der Waals surface area (Å²) in [4.78, 5) is 17.3. The predicted octanol–water partition coefficient (Wildman–Crippen LogP) is 1.30. The molecule has 0 radical (unpaired) electrons. The van der Waals surface area contributed by atoms with Gasteiger partial charge in [0.2, 0.25) is 0 Å². The van der Waals surface area contributed by atoms with E-state index in [9.17, 15) is 4.79 Å². The summed E-state index contributed by atoms with van der Waals surface area (Å²) in [6, 6.07) is 7.62. The van der Waals surface area contributed by atoms with Crippen molar-refractivity contribution in [3.8, 4) is 11.5 Å². The number of carbonyl (C=O) groups is 1. The van der Waals surface area contributed by atoms with Crippen molar-refractivity contribution < 1.29 is 19.0 Å². The van der Waals surface area contributed by atoms with Crippen LogP contribution in [0.3, 0.4) is 0 Å². The summed E-state index contributed by atoms with van der Waals surface area (Å²) in [5, 5.41) is 8.26. The number of rotatable bonds is 5. The Morgan fingerprint density at radius 2 is 1.81 bits per heavy atom. The van der Waals surface area contributed by atoms with Gasteiger partial charge in [0.15, 0.2) is 23.3 Å². The SMILES string of the molecule is O=C(c1cn(C[C@@H]2COc3ccccc3O2)nn1)N1CCC(CN2CCOCC2)CC1. The van der Waals surface area contributed by atoms with Gasteiger partial charge in [-0.2, -0.15) is 0 Å². The van der Waals surface area contributed by atoms with E-state index < -0.39 is 0 Å². The van der Waals surface area contributed by atoms with Gasteiger partial charge in [0.1, 0.15) is 6.61 Å². The van der Waals surface area contributed by atoms with E-state index in [1.165, 1.54) is 0 Å². The third-order valence-electron chi connectivity index (χ3n) is 6.24. The molecule has 1 aromatic carbocycles. The van der Waals surface area contributed by atoms with Gasteiger partial charge in [0.05, 0.1) is 26.0 Å². The molecule has 1 amide bonds. The van der Waals surface area contributed by atoms with Crippen LogP contribution >= 0.6 is 0 Å². The predicted molar refractivity (Wildman–Crippen MR) is 112 cm³/mol. The lowest BCUT2D eigenvalue weighted by Crippen LogP contribution is -2.44. The Balaban J connectivity index is 1.11. The van der Waals surface area contributed by atoms with Crippen molar-refractivity contribution in [2.75, 3.05) is 52.5 Å². The highest BCUT2D eigenvalue weighted by Crippen LogP contribution is 2.31. The lowest BCUT2D eigenvalue weighted by atomic mass is 9.96. The highest BCUT2D eigenvalue weighted by atomic mass is 16.6. The quantitative estimate of drug-likeness (QED) is 0.711. The van der Waals surface area contributed by atoms with Crippen molar-refractivity contribution >= 4 is 5.91 Å². The Morgan fingerprint density at radius 3 is 2.61 bits per heavy atom. The molecule has 0 N–H and O–H groups in total. The molecule has 0 spiro atoms. The minimum atomic E-state index is -0.171. The number of aromatic nitrogens is 3. The molecule has 9 heteroatoms. The summed E-state index contributed by atoms with van der Waals surface area (Å²) in [6.07, 6.45) is 3.61. The number of nitrogens with zero attached hydrogens (tertiary/aromatic N) is 5. The Hall–Kier alpha value is -2.65. The summed E-state index contributed by atoms with van der Waals surface area (Å²) in [5.41, 5.74) is 0.392. The van der Waals surface area contributed by atoms with Gasteiger partial charge < -0.3 is 19.1 Å². The zero-order chi connectivity index (χ0) is 21.0. The molecule has 0 aliphatic carbocycles. The van der Waals surface area contributed by atoms with Gasteiger partial charge in [0, 0.05) is 32.7 Å². The van der Waals surface area contributed by atoms with Crippen LogP contribution in [0.2, 0.25) is 0 Å². The van der Waals surface area contributed by atoms with E-state index in [2.05, 4.69) is 15.2 Å². The minimum absolute atomic E-state index is 0.0396. The van der Waals surface area contributed by atoms with Crippen LogP contribution in [0.15, 0.2) is 30.5 Å². The Kier molecular flexibility index (Phi) is 6.04. The number of benzene rings is 1. The first-order valence-corrected chi connectivity index (χ1v) is 11.1. The number of amides is 1. The Morgan fingerprint density at radius 1 is 1.03 bits per heavy atom. The first kappa shape index (κ1) is 20.3. The van der Waals surface area contributed by atoms with E-state index >= 15 is 0 Å². The Bertz CT molecular complexity index is 890. The molecule has 3 aliphatic heterocycles. The van der Waals surface area contributed by atoms with Crippen LogP contribution in [0.25, 0.3) is 0 Å². The smallest absolute Gasteiger partial charge is 0.276 e. The molecule has 0 unspecified atom stereocenters. The molecule has 0 bridgehead atoms. The molecule has 5 rings (SSSR count). The molecule has 0 saturated carbocycles. The van der Waals surface area contributed by atoms with E-state index in [4.69, 9.17) is 14.2 Å². The summed E-state index contributed by atoms with van der Waals surface area (Å²) in [6.45, 7) is 7.28. The minimum Gasteiger partial charge on any atom is -0.486 e. The molecule has 2 aromatic rings. The van der Waals surface area contributed by atoms with Crippen LogP contribution in [-0.4, -0.2) is 89.3 Å². The first-order chi connectivity index (χ1) is 15.2. The van der Waals surface area contributed by atoms with Gasteiger partial charge >= 0.3 is 0 Å². The molecule has 166 valence electrons. The van der Waals surface area contributed by atoms with E-state index in [0.29, 0.717) is 24.8 Å². The number of para-hydroxylation sites is 2. The fourth-order valence-corrected chi connectivity index (χ4v) is 4.48. The lowest BCUT2D eigenvalue weighted by molar-refractivity contribution is 0.0242. The maximum Gasteiger partial charge on any atom is 0.276 e. The molecule has 2 saturated heterocycles. The standard InChI is InChI=1S/C22H29N5O4/c28-22(26-7-5-17(6-8-26)13-25-9-11-29-12-10-25)19-15-27(24-23-19)14-18-16-30-20-3-1-2-4-21(20)31-18/h1-4,15,17-18H,5-14,16H2/t18-/m1/s1. The number of fused-ring (bicyclic) bond motifs is 1. The molecular weight excluding hydrogens is 398 g/mol. The van der Waals surface area contributed by atoms with Gasteiger partial charge in [-0.15, -0.1) is 5.10 Å². The largest absolute Gasteiger partial charge is 0.486 e. The average Bonchev–Trinajstić information content (AvgIpc) is 3.28. The maximum absolute atomic E-state index is 12.9. The van der Waals surface area contributed by atoms with Crippen molar-refractivity contribution in [2.24, 2.45) is 5.92 Å². The molecule has 3 aliphatic rings. The average molecular weight is 428 g/mol. The highest BCUT2D eigenvalue weighted by molar-refractivity contribution is 5.91. The van der Waals surface area contributed by atoms with Crippen LogP contribution in [0.4, 0.5) is 0 Å². The topological polar surface area (TPSA) is 82.0 Å². The molecular formula is C22H29N5O4. The van der Waals surface area contributed by atoms with Gasteiger partial charge in [0.25, 0.3) is 5.91 Å². The monoisotopic (exact) mass is 427 g/mol. The van der Waals surface area contributed by atoms with Crippen LogP contribution in [0, 0.1) is 5.92 Å². The fraction of sp³-hybridized carbons (Fsp3) is 0.591. The number of ether oxygens (including phenoxy) is 3.